The maximum absolute atomic E-state index is 12.1. The zero-order valence-corrected chi connectivity index (χ0v) is 11.0. The molecule has 1 fully saturated rings. The molecule has 0 aliphatic carbocycles. The lowest BCUT2D eigenvalue weighted by molar-refractivity contribution is -0.138. The monoisotopic (exact) mass is 267 g/mol. The number of alkyl halides is 3. The lowest BCUT2D eigenvalue weighted by atomic mass is 10.1. The van der Waals surface area contributed by atoms with E-state index in [0.717, 1.165) is 39.0 Å². The zero-order valence-electron chi connectivity index (χ0n) is 11.0. The smallest absolute Gasteiger partial charge is 0.329 e. The van der Waals surface area contributed by atoms with E-state index in [4.69, 9.17) is 5.73 Å². The van der Waals surface area contributed by atoms with E-state index in [1.54, 1.807) is 0 Å². The van der Waals surface area contributed by atoms with Gasteiger partial charge in [-0.2, -0.15) is 13.2 Å². The van der Waals surface area contributed by atoms with Gasteiger partial charge in [0.25, 0.3) is 0 Å². The summed E-state index contributed by atoms with van der Waals surface area (Å²) in [6, 6.07) is 0.389. The molecular formula is C12H24F3N3. The van der Waals surface area contributed by atoms with Crippen molar-refractivity contribution in [1.82, 2.24) is 9.80 Å². The average Bonchev–Trinajstić information content (AvgIpc) is 2.33. The van der Waals surface area contributed by atoms with E-state index in [1.807, 2.05) is 4.90 Å². The molecule has 18 heavy (non-hydrogen) atoms. The summed E-state index contributed by atoms with van der Waals surface area (Å²) in [5.41, 5.74) is 5.74. The molecule has 0 aromatic carbocycles. The fraction of sp³-hybridized carbons (Fsp3) is 1.00. The second kappa shape index (κ2) is 7.31. The minimum Gasteiger partial charge on any atom is -0.329 e. The van der Waals surface area contributed by atoms with Crippen LogP contribution in [0.5, 0.6) is 0 Å². The standard InChI is InChI=1S/C12H24F3N3/c1-2-3-11(10-16)18-8-6-17(7-9-18)5-4-12(13,14)15/h11H,2-10,16H2,1H3. The van der Waals surface area contributed by atoms with E-state index in [0.29, 0.717) is 12.6 Å². The Morgan fingerprint density at radius 3 is 2.22 bits per heavy atom. The highest BCUT2D eigenvalue weighted by atomic mass is 19.4. The second-order valence-electron chi connectivity index (χ2n) is 4.92. The molecule has 2 N–H and O–H groups in total. The number of nitrogens with two attached hydrogens (primary N) is 1. The lowest BCUT2D eigenvalue weighted by Crippen LogP contribution is -2.52. The Labute approximate surface area is 107 Å². The van der Waals surface area contributed by atoms with E-state index in [1.165, 1.54) is 0 Å². The molecule has 0 bridgehead atoms. The Hall–Kier alpha value is -0.330. The molecule has 0 aromatic heterocycles. The third kappa shape index (κ3) is 5.54. The Morgan fingerprint density at radius 2 is 1.78 bits per heavy atom. The SMILES string of the molecule is CCCC(CN)N1CCN(CCC(F)(F)F)CC1. The van der Waals surface area contributed by atoms with Crippen molar-refractivity contribution in [3.8, 4) is 0 Å². The van der Waals surface area contributed by atoms with Gasteiger partial charge >= 0.3 is 6.18 Å². The van der Waals surface area contributed by atoms with Crippen LogP contribution in [-0.2, 0) is 0 Å². The summed E-state index contributed by atoms with van der Waals surface area (Å²) in [7, 11) is 0. The zero-order chi connectivity index (χ0) is 13.6. The molecule has 1 rings (SSSR count). The van der Waals surface area contributed by atoms with Crippen molar-refractivity contribution in [2.75, 3.05) is 39.3 Å². The summed E-state index contributed by atoms with van der Waals surface area (Å²) in [5, 5.41) is 0. The molecule has 1 heterocycles. The number of piperazine rings is 1. The van der Waals surface area contributed by atoms with E-state index < -0.39 is 12.6 Å². The summed E-state index contributed by atoms with van der Waals surface area (Å²) >= 11 is 0. The molecular weight excluding hydrogens is 243 g/mol. The van der Waals surface area contributed by atoms with Gasteiger partial charge in [0.05, 0.1) is 6.42 Å². The molecule has 108 valence electrons. The van der Waals surface area contributed by atoms with E-state index in [9.17, 15) is 13.2 Å². The molecule has 3 nitrogen and oxygen atoms in total. The fourth-order valence-electron chi connectivity index (χ4n) is 2.42. The highest BCUT2D eigenvalue weighted by Crippen LogP contribution is 2.20. The quantitative estimate of drug-likeness (QED) is 0.795. The van der Waals surface area contributed by atoms with Crippen molar-refractivity contribution in [2.45, 2.75) is 38.4 Å². The Morgan fingerprint density at radius 1 is 1.17 bits per heavy atom. The van der Waals surface area contributed by atoms with Crippen molar-refractivity contribution >= 4 is 0 Å². The van der Waals surface area contributed by atoms with Crippen LogP contribution >= 0.6 is 0 Å². The third-order valence-electron chi connectivity index (χ3n) is 3.53. The van der Waals surface area contributed by atoms with Crippen LogP contribution in [0.2, 0.25) is 0 Å². The number of hydrogen-bond acceptors (Lipinski definition) is 3. The van der Waals surface area contributed by atoms with Crippen LogP contribution < -0.4 is 5.73 Å². The third-order valence-corrected chi connectivity index (χ3v) is 3.53. The van der Waals surface area contributed by atoms with Gasteiger partial charge in [0.15, 0.2) is 0 Å². The van der Waals surface area contributed by atoms with Gasteiger partial charge in [-0.05, 0) is 6.42 Å². The predicted octanol–water partition coefficient (Wildman–Crippen LogP) is 1.68. The van der Waals surface area contributed by atoms with Gasteiger partial charge in [-0.1, -0.05) is 13.3 Å². The fourth-order valence-corrected chi connectivity index (χ4v) is 2.42. The molecule has 0 saturated carbocycles. The van der Waals surface area contributed by atoms with E-state index in [-0.39, 0.29) is 6.54 Å². The van der Waals surface area contributed by atoms with Gasteiger partial charge in [0.2, 0.25) is 0 Å². The van der Waals surface area contributed by atoms with E-state index in [2.05, 4.69) is 11.8 Å². The highest BCUT2D eigenvalue weighted by Gasteiger charge is 2.29. The van der Waals surface area contributed by atoms with Crippen LogP contribution in [0.25, 0.3) is 0 Å². The predicted molar refractivity (Wildman–Crippen MR) is 66.4 cm³/mol. The molecule has 1 unspecified atom stereocenters. The number of rotatable bonds is 6. The molecule has 0 aromatic rings. The second-order valence-corrected chi connectivity index (χ2v) is 4.92. The summed E-state index contributed by atoms with van der Waals surface area (Å²) in [5.74, 6) is 0. The summed E-state index contributed by atoms with van der Waals surface area (Å²) in [4.78, 5) is 4.21. The largest absolute Gasteiger partial charge is 0.390 e. The van der Waals surface area contributed by atoms with Crippen molar-refractivity contribution in [3.05, 3.63) is 0 Å². The summed E-state index contributed by atoms with van der Waals surface area (Å²) in [6.45, 7) is 5.99. The van der Waals surface area contributed by atoms with Gasteiger partial charge < -0.3 is 10.6 Å². The maximum atomic E-state index is 12.1. The van der Waals surface area contributed by atoms with Crippen LogP contribution in [0.3, 0.4) is 0 Å². The molecule has 0 amide bonds. The maximum Gasteiger partial charge on any atom is 0.390 e. The topological polar surface area (TPSA) is 32.5 Å². The molecule has 0 radical (unpaired) electrons. The highest BCUT2D eigenvalue weighted by molar-refractivity contribution is 4.79. The number of hydrogen-bond donors (Lipinski definition) is 1. The molecule has 1 aliphatic rings. The Bertz CT molecular complexity index is 225. The molecule has 1 aliphatic heterocycles. The van der Waals surface area contributed by atoms with Crippen LogP contribution in [-0.4, -0.2) is 61.3 Å². The molecule has 6 heteroatoms. The van der Waals surface area contributed by atoms with Crippen LogP contribution in [0.1, 0.15) is 26.2 Å². The normalized spacial score (nSPS) is 21.2. The first kappa shape index (κ1) is 15.7. The van der Waals surface area contributed by atoms with Gasteiger partial charge in [0, 0.05) is 45.3 Å². The van der Waals surface area contributed by atoms with Crippen molar-refractivity contribution in [1.29, 1.82) is 0 Å². The van der Waals surface area contributed by atoms with Crippen LogP contribution in [0.15, 0.2) is 0 Å². The summed E-state index contributed by atoms with van der Waals surface area (Å²) < 4.78 is 36.4. The van der Waals surface area contributed by atoms with E-state index >= 15 is 0 Å². The first-order valence-electron chi connectivity index (χ1n) is 6.69. The first-order chi connectivity index (χ1) is 8.46. The average molecular weight is 267 g/mol. The van der Waals surface area contributed by atoms with Crippen molar-refractivity contribution < 1.29 is 13.2 Å². The molecule has 1 atom stereocenters. The molecule has 1 saturated heterocycles. The van der Waals surface area contributed by atoms with Crippen molar-refractivity contribution in [2.24, 2.45) is 5.73 Å². The minimum absolute atomic E-state index is 0.123. The first-order valence-corrected chi connectivity index (χ1v) is 6.69. The summed E-state index contributed by atoms with van der Waals surface area (Å²) in [6.07, 6.45) is -2.59. The lowest BCUT2D eigenvalue weighted by Gasteiger charge is -2.39. The molecule has 0 spiro atoms. The van der Waals surface area contributed by atoms with Crippen LogP contribution in [0.4, 0.5) is 13.2 Å². The van der Waals surface area contributed by atoms with Crippen molar-refractivity contribution in [3.63, 3.8) is 0 Å². The van der Waals surface area contributed by atoms with Crippen LogP contribution in [0, 0.1) is 0 Å². The minimum atomic E-state index is -4.04. The van der Waals surface area contributed by atoms with Gasteiger partial charge in [-0.25, -0.2) is 0 Å². The van der Waals surface area contributed by atoms with Gasteiger partial charge in [0.1, 0.15) is 0 Å². The van der Waals surface area contributed by atoms with Gasteiger partial charge in [-0.3, -0.25) is 4.90 Å². The Kier molecular flexibility index (Phi) is 6.38. The number of halogens is 3. The Balaban J connectivity index is 2.27. The number of nitrogens with zero attached hydrogens (tertiary/aromatic N) is 2. The van der Waals surface area contributed by atoms with Gasteiger partial charge in [-0.15, -0.1) is 0 Å².